The third-order valence-corrected chi connectivity index (χ3v) is 3.95. The zero-order valence-electron chi connectivity index (χ0n) is 10.2. The highest BCUT2D eigenvalue weighted by atomic mass is 15.0. The normalized spacial score (nSPS) is 19.1. The molecule has 0 spiro atoms. The molecule has 0 aliphatic heterocycles. The van der Waals surface area contributed by atoms with Crippen LogP contribution in [-0.4, -0.2) is 6.04 Å². The molecule has 2 aliphatic rings. The number of hydrogen-bond donors (Lipinski definition) is 1. The Labute approximate surface area is 103 Å². The van der Waals surface area contributed by atoms with E-state index in [4.69, 9.17) is 5.26 Å². The number of nitrogens with zero attached hydrogens (tertiary/aromatic N) is 1. The monoisotopic (exact) mass is 226 g/mol. The summed E-state index contributed by atoms with van der Waals surface area (Å²) < 4.78 is 0. The van der Waals surface area contributed by atoms with Crippen LogP contribution in [0.5, 0.6) is 0 Å². The first-order valence-corrected chi connectivity index (χ1v) is 6.55. The van der Waals surface area contributed by atoms with Crippen LogP contribution < -0.4 is 5.32 Å². The van der Waals surface area contributed by atoms with E-state index in [0.717, 1.165) is 23.1 Å². The fourth-order valence-electron chi connectivity index (χ4n) is 2.56. The van der Waals surface area contributed by atoms with Crippen molar-refractivity contribution >= 4 is 5.69 Å². The second-order valence-corrected chi connectivity index (χ2v) is 5.49. The van der Waals surface area contributed by atoms with E-state index in [9.17, 15) is 0 Å². The molecule has 3 rings (SSSR count). The highest BCUT2D eigenvalue weighted by Gasteiger charge is 2.41. The predicted molar refractivity (Wildman–Crippen MR) is 68.8 cm³/mol. The molecular weight excluding hydrogens is 208 g/mol. The van der Waals surface area contributed by atoms with E-state index in [-0.39, 0.29) is 0 Å². The molecule has 0 unspecified atom stereocenters. The Hall–Kier alpha value is -1.49. The summed E-state index contributed by atoms with van der Waals surface area (Å²) in [7, 11) is 0. The van der Waals surface area contributed by atoms with E-state index in [1.807, 2.05) is 18.2 Å². The van der Waals surface area contributed by atoms with Gasteiger partial charge in [0.05, 0.1) is 11.6 Å². The predicted octanol–water partition coefficient (Wildman–Crippen LogP) is 3.47. The van der Waals surface area contributed by atoms with Gasteiger partial charge in [-0.3, -0.25) is 0 Å². The van der Waals surface area contributed by atoms with Crippen LogP contribution in [-0.2, 0) is 0 Å². The third kappa shape index (κ3) is 2.29. The molecule has 2 aliphatic carbocycles. The van der Waals surface area contributed by atoms with E-state index in [1.165, 1.54) is 31.2 Å². The highest BCUT2D eigenvalue weighted by Crippen LogP contribution is 2.46. The lowest BCUT2D eigenvalue weighted by atomic mass is 10.0. The average Bonchev–Trinajstić information content (AvgIpc) is 3.19. The summed E-state index contributed by atoms with van der Waals surface area (Å²) in [5.74, 6) is 1.76. The molecule has 0 aromatic heterocycles. The van der Waals surface area contributed by atoms with Gasteiger partial charge in [0.1, 0.15) is 0 Å². The number of nitriles is 1. The lowest BCUT2D eigenvalue weighted by Gasteiger charge is -2.20. The van der Waals surface area contributed by atoms with E-state index >= 15 is 0 Å². The van der Waals surface area contributed by atoms with Gasteiger partial charge in [-0.1, -0.05) is 6.07 Å². The summed E-state index contributed by atoms with van der Waals surface area (Å²) in [5, 5.41) is 12.6. The molecule has 0 saturated heterocycles. The Morgan fingerprint density at radius 3 is 2.41 bits per heavy atom. The zero-order valence-corrected chi connectivity index (χ0v) is 10.2. The molecule has 17 heavy (non-hydrogen) atoms. The number of aryl methyl sites for hydroxylation is 1. The molecule has 2 saturated carbocycles. The fourth-order valence-corrected chi connectivity index (χ4v) is 2.56. The second-order valence-electron chi connectivity index (χ2n) is 5.49. The van der Waals surface area contributed by atoms with Gasteiger partial charge >= 0.3 is 0 Å². The lowest BCUT2D eigenvalue weighted by Crippen LogP contribution is -2.24. The summed E-state index contributed by atoms with van der Waals surface area (Å²) in [6.45, 7) is 2.11. The molecule has 1 N–H and O–H groups in total. The van der Waals surface area contributed by atoms with Crippen LogP contribution in [0.1, 0.15) is 36.8 Å². The van der Waals surface area contributed by atoms with Gasteiger partial charge in [-0.05, 0) is 62.1 Å². The van der Waals surface area contributed by atoms with E-state index in [0.29, 0.717) is 6.04 Å². The molecule has 1 aromatic carbocycles. The van der Waals surface area contributed by atoms with Gasteiger partial charge in [0, 0.05) is 11.7 Å². The molecule has 0 amide bonds. The SMILES string of the molecule is Cc1ccc(C#N)cc1NC(C1CC1)C1CC1. The minimum Gasteiger partial charge on any atom is -0.382 e. The first kappa shape index (κ1) is 10.7. The van der Waals surface area contributed by atoms with Crippen LogP contribution >= 0.6 is 0 Å². The number of hydrogen-bond acceptors (Lipinski definition) is 2. The molecule has 0 bridgehead atoms. The van der Waals surface area contributed by atoms with E-state index in [1.54, 1.807) is 0 Å². The fraction of sp³-hybridized carbons (Fsp3) is 0.533. The largest absolute Gasteiger partial charge is 0.382 e. The van der Waals surface area contributed by atoms with Crippen molar-refractivity contribution in [3.8, 4) is 6.07 Å². The van der Waals surface area contributed by atoms with Gasteiger partial charge in [0.25, 0.3) is 0 Å². The highest BCUT2D eigenvalue weighted by molar-refractivity contribution is 5.56. The Balaban J connectivity index is 1.80. The molecule has 1 aromatic rings. The van der Waals surface area contributed by atoms with Crippen LogP contribution in [0.2, 0.25) is 0 Å². The molecule has 2 heteroatoms. The number of nitrogens with one attached hydrogen (secondary N) is 1. The first-order valence-electron chi connectivity index (χ1n) is 6.55. The van der Waals surface area contributed by atoms with Gasteiger partial charge < -0.3 is 5.32 Å². The zero-order chi connectivity index (χ0) is 11.8. The van der Waals surface area contributed by atoms with Crippen molar-refractivity contribution in [3.05, 3.63) is 29.3 Å². The lowest BCUT2D eigenvalue weighted by molar-refractivity contribution is 0.567. The van der Waals surface area contributed by atoms with Crippen molar-refractivity contribution in [2.75, 3.05) is 5.32 Å². The minimum atomic E-state index is 0.655. The van der Waals surface area contributed by atoms with Gasteiger partial charge in [0.15, 0.2) is 0 Å². The minimum absolute atomic E-state index is 0.655. The second kappa shape index (κ2) is 4.07. The number of benzene rings is 1. The topological polar surface area (TPSA) is 35.8 Å². The molecular formula is C15H18N2. The molecule has 0 atom stereocenters. The van der Waals surface area contributed by atoms with Crippen molar-refractivity contribution in [3.63, 3.8) is 0 Å². The van der Waals surface area contributed by atoms with Crippen molar-refractivity contribution in [1.29, 1.82) is 5.26 Å². The van der Waals surface area contributed by atoms with E-state index in [2.05, 4.69) is 18.3 Å². The average molecular weight is 226 g/mol. The summed E-state index contributed by atoms with van der Waals surface area (Å²) in [5.41, 5.74) is 3.16. The van der Waals surface area contributed by atoms with Gasteiger partial charge in [-0.2, -0.15) is 5.26 Å². The maximum Gasteiger partial charge on any atom is 0.0992 e. The quantitative estimate of drug-likeness (QED) is 0.853. The third-order valence-electron chi connectivity index (χ3n) is 3.95. The Morgan fingerprint density at radius 1 is 1.24 bits per heavy atom. The molecule has 2 nitrogen and oxygen atoms in total. The molecule has 88 valence electrons. The van der Waals surface area contributed by atoms with Crippen LogP contribution in [0, 0.1) is 30.1 Å². The summed E-state index contributed by atoms with van der Waals surface area (Å²) in [4.78, 5) is 0. The van der Waals surface area contributed by atoms with Crippen molar-refractivity contribution < 1.29 is 0 Å². The summed E-state index contributed by atoms with van der Waals surface area (Å²) in [6, 6.07) is 8.80. The first-order chi connectivity index (χ1) is 8.28. The standard InChI is InChI=1S/C15H18N2/c1-10-2-3-11(9-16)8-14(10)17-15(12-4-5-12)13-6-7-13/h2-3,8,12-13,15,17H,4-7H2,1H3. The van der Waals surface area contributed by atoms with Crippen molar-refractivity contribution in [1.82, 2.24) is 0 Å². The summed E-state index contributed by atoms with van der Waals surface area (Å²) >= 11 is 0. The van der Waals surface area contributed by atoms with Gasteiger partial charge in [0.2, 0.25) is 0 Å². The smallest absolute Gasteiger partial charge is 0.0992 e. The summed E-state index contributed by atoms with van der Waals surface area (Å²) in [6.07, 6.45) is 5.52. The van der Waals surface area contributed by atoms with Crippen molar-refractivity contribution in [2.45, 2.75) is 38.6 Å². The number of anilines is 1. The maximum atomic E-state index is 8.95. The van der Waals surface area contributed by atoms with E-state index < -0.39 is 0 Å². The maximum absolute atomic E-state index is 8.95. The molecule has 0 radical (unpaired) electrons. The van der Waals surface area contributed by atoms with Crippen molar-refractivity contribution in [2.24, 2.45) is 11.8 Å². The Bertz CT molecular complexity index is 452. The number of rotatable bonds is 4. The van der Waals surface area contributed by atoms with Crippen LogP contribution in [0.15, 0.2) is 18.2 Å². The molecule has 0 heterocycles. The van der Waals surface area contributed by atoms with Crippen LogP contribution in [0.25, 0.3) is 0 Å². The Morgan fingerprint density at radius 2 is 1.88 bits per heavy atom. The van der Waals surface area contributed by atoms with Gasteiger partial charge in [-0.25, -0.2) is 0 Å². The van der Waals surface area contributed by atoms with Crippen LogP contribution in [0.4, 0.5) is 5.69 Å². The Kier molecular flexibility index (Phi) is 2.55. The molecule has 2 fully saturated rings. The van der Waals surface area contributed by atoms with Gasteiger partial charge in [-0.15, -0.1) is 0 Å². The van der Waals surface area contributed by atoms with Crippen LogP contribution in [0.3, 0.4) is 0 Å².